The summed E-state index contributed by atoms with van der Waals surface area (Å²) >= 11 is 1.05. The van der Waals surface area contributed by atoms with E-state index in [1.807, 2.05) is 0 Å². The lowest BCUT2D eigenvalue weighted by molar-refractivity contribution is 0.0600. The van der Waals surface area contributed by atoms with E-state index in [2.05, 4.69) is 9.46 Å². The van der Waals surface area contributed by atoms with E-state index in [0.29, 0.717) is 18.4 Å². The van der Waals surface area contributed by atoms with Gasteiger partial charge in [-0.2, -0.15) is 0 Å². The van der Waals surface area contributed by atoms with Crippen molar-refractivity contribution in [1.82, 2.24) is 4.72 Å². The molecule has 1 aliphatic rings. The number of nitrogens with one attached hydrogen (secondary N) is 1. The Labute approximate surface area is 115 Å². The van der Waals surface area contributed by atoms with Gasteiger partial charge in [0.2, 0.25) is 10.0 Å². The van der Waals surface area contributed by atoms with Crippen LogP contribution in [-0.2, 0) is 14.8 Å². The molecule has 6 nitrogen and oxygen atoms in total. The minimum absolute atomic E-state index is 0.0225. The van der Waals surface area contributed by atoms with Gasteiger partial charge in [0.15, 0.2) is 0 Å². The van der Waals surface area contributed by atoms with Gasteiger partial charge in [-0.15, -0.1) is 11.3 Å². The molecule has 0 amide bonds. The van der Waals surface area contributed by atoms with Crippen LogP contribution in [0.15, 0.2) is 10.3 Å². The molecule has 0 spiro atoms. The Morgan fingerprint density at radius 1 is 1.53 bits per heavy atom. The molecule has 2 N–H and O–H groups in total. The number of aliphatic hydroxyl groups excluding tert-OH is 1. The summed E-state index contributed by atoms with van der Waals surface area (Å²) in [7, 11) is -2.56. The Hall–Kier alpha value is -0.960. The molecule has 0 bridgehead atoms. The van der Waals surface area contributed by atoms with Crippen LogP contribution in [-0.4, -0.2) is 38.7 Å². The zero-order valence-electron chi connectivity index (χ0n) is 10.5. The molecule has 2 rings (SSSR count). The van der Waals surface area contributed by atoms with E-state index in [0.717, 1.165) is 11.3 Å². The van der Waals surface area contributed by atoms with Gasteiger partial charge in [-0.05, 0) is 30.7 Å². The van der Waals surface area contributed by atoms with Crippen molar-refractivity contribution in [2.75, 3.05) is 7.11 Å². The van der Waals surface area contributed by atoms with Gasteiger partial charge < -0.3 is 9.84 Å². The smallest absolute Gasteiger partial charge is 0.349 e. The molecule has 1 saturated carbocycles. The first kappa shape index (κ1) is 14.4. The van der Waals surface area contributed by atoms with E-state index in [9.17, 15) is 18.3 Å². The average molecular weight is 305 g/mol. The lowest BCUT2D eigenvalue weighted by Crippen LogP contribution is -2.46. The van der Waals surface area contributed by atoms with Crippen LogP contribution in [0.1, 0.15) is 28.1 Å². The normalized spacial score (nSPS) is 22.9. The van der Waals surface area contributed by atoms with E-state index in [-0.39, 0.29) is 15.8 Å². The third-order valence-corrected chi connectivity index (χ3v) is 5.91. The van der Waals surface area contributed by atoms with Crippen LogP contribution in [0.2, 0.25) is 0 Å². The molecule has 0 radical (unpaired) electrons. The summed E-state index contributed by atoms with van der Waals surface area (Å²) in [5.41, 5.74) is 0.512. The van der Waals surface area contributed by atoms with Gasteiger partial charge in [0, 0.05) is 6.04 Å². The summed E-state index contributed by atoms with van der Waals surface area (Å²) < 4.78 is 31.6. The van der Waals surface area contributed by atoms with E-state index in [1.54, 1.807) is 12.3 Å². The minimum Gasteiger partial charge on any atom is -0.465 e. The largest absolute Gasteiger partial charge is 0.465 e. The molecule has 0 atom stereocenters. The second kappa shape index (κ2) is 5.20. The van der Waals surface area contributed by atoms with Gasteiger partial charge in [-0.1, -0.05) is 0 Å². The number of rotatable bonds is 4. The first-order chi connectivity index (χ1) is 8.85. The van der Waals surface area contributed by atoms with Crippen LogP contribution in [0.25, 0.3) is 0 Å². The molecule has 1 fully saturated rings. The third kappa shape index (κ3) is 2.81. The number of carbonyl (C=O) groups excluding carboxylic acids is 1. The van der Waals surface area contributed by atoms with Gasteiger partial charge in [-0.25, -0.2) is 17.9 Å². The highest BCUT2D eigenvalue weighted by Crippen LogP contribution is 2.29. The summed E-state index contributed by atoms with van der Waals surface area (Å²) in [6.45, 7) is 1.63. The van der Waals surface area contributed by atoms with Crippen LogP contribution in [0, 0.1) is 6.92 Å². The lowest BCUT2D eigenvalue weighted by atomic mass is 9.91. The summed E-state index contributed by atoms with van der Waals surface area (Å²) in [5.74, 6) is -0.660. The van der Waals surface area contributed by atoms with Crippen LogP contribution >= 0.6 is 11.3 Å². The quantitative estimate of drug-likeness (QED) is 0.797. The number of ether oxygens (including phenoxy) is 1. The van der Waals surface area contributed by atoms with Crippen molar-refractivity contribution >= 4 is 27.3 Å². The summed E-state index contributed by atoms with van der Waals surface area (Å²) in [4.78, 5) is 11.6. The number of carbonyl (C=O) groups is 1. The molecule has 0 aliphatic heterocycles. The number of sulfonamides is 1. The van der Waals surface area contributed by atoms with Gasteiger partial charge in [0.25, 0.3) is 0 Å². The number of esters is 1. The Kier molecular flexibility index (Phi) is 3.95. The summed E-state index contributed by atoms with van der Waals surface area (Å²) in [5, 5.41) is 10.8. The fraction of sp³-hybridized carbons (Fsp3) is 0.545. The number of hydrogen-bond acceptors (Lipinski definition) is 6. The maximum Gasteiger partial charge on any atom is 0.349 e. The predicted octanol–water partition coefficient (Wildman–Crippen LogP) is 0.645. The Balaban J connectivity index is 2.29. The Bertz CT molecular complexity index is 586. The topological polar surface area (TPSA) is 92.7 Å². The fourth-order valence-electron chi connectivity index (χ4n) is 1.96. The van der Waals surface area contributed by atoms with Gasteiger partial charge in [0.1, 0.15) is 9.77 Å². The van der Waals surface area contributed by atoms with E-state index in [4.69, 9.17) is 0 Å². The second-order valence-electron chi connectivity index (χ2n) is 4.51. The zero-order chi connectivity index (χ0) is 14.2. The summed E-state index contributed by atoms with van der Waals surface area (Å²) in [6, 6.07) is -0.273. The van der Waals surface area contributed by atoms with E-state index in [1.165, 1.54) is 7.11 Å². The van der Waals surface area contributed by atoms with Crippen LogP contribution in [0.5, 0.6) is 0 Å². The molecule has 1 heterocycles. The number of aryl methyl sites for hydroxylation is 1. The molecule has 1 aromatic heterocycles. The summed E-state index contributed by atoms with van der Waals surface area (Å²) in [6.07, 6.45) is 0.350. The molecule has 8 heteroatoms. The maximum absolute atomic E-state index is 12.3. The third-order valence-electron chi connectivity index (χ3n) is 2.99. The Morgan fingerprint density at radius 3 is 2.68 bits per heavy atom. The van der Waals surface area contributed by atoms with Gasteiger partial charge in [0.05, 0.1) is 13.2 Å². The number of hydrogen-bond donors (Lipinski definition) is 2. The van der Waals surface area contributed by atoms with Crippen molar-refractivity contribution in [2.24, 2.45) is 0 Å². The molecule has 0 aromatic carbocycles. The first-order valence-corrected chi connectivity index (χ1v) is 8.08. The van der Waals surface area contributed by atoms with Gasteiger partial charge >= 0.3 is 5.97 Å². The number of thiophene rings is 1. The first-order valence-electron chi connectivity index (χ1n) is 5.72. The molecule has 0 saturated heterocycles. The van der Waals surface area contributed by atoms with Crippen LogP contribution in [0.4, 0.5) is 0 Å². The van der Waals surface area contributed by atoms with Crippen molar-refractivity contribution in [3.8, 4) is 0 Å². The zero-order valence-corrected chi connectivity index (χ0v) is 12.2. The molecular weight excluding hydrogens is 290 g/mol. The second-order valence-corrected chi connectivity index (χ2v) is 7.04. The molecular formula is C11H15NO5S2. The number of methoxy groups -OCH3 is 1. The molecule has 1 aromatic rings. The molecule has 0 unspecified atom stereocenters. The van der Waals surface area contributed by atoms with Crippen LogP contribution < -0.4 is 4.72 Å². The van der Waals surface area contributed by atoms with Crippen molar-refractivity contribution in [3.63, 3.8) is 0 Å². The van der Waals surface area contributed by atoms with E-state index >= 15 is 0 Å². The molecule has 19 heavy (non-hydrogen) atoms. The SMILES string of the molecule is COC(=O)c1scc(C)c1S(=O)(=O)NC1CC(O)C1. The monoisotopic (exact) mass is 305 g/mol. The molecule has 106 valence electrons. The van der Waals surface area contributed by atoms with Crippen molar-refractivity contribution in [1.29, 1.82) is 0 Å². The minimum atomic E-state index is -3.77. The van der Waals surface area contributed by atoms with Crippen LogP contribution in [0.3, 0.4) is 0 Å². The van der Waals surface area contributed by atoms with Crippen molar-refractivity contribution in [2.45, 2.75) is 36.8 Å². The lowest BCUT2D eigenvalue weighted by Gasteiger charge is -2.31. The fourth-order valence-corrected chi connectivity index (χ4v) is 4.93. The van der Waals surface area contributed by atoms with Crippen molar-refractivity contribution < 1.29 is 23.1 Å². The highest BCUT2D eigenvalue weighted by Gasteiger charge is 2.34. The maximum atomic E-state index is 12.3. The van der Waals surface area contributed by atoms with Gasteiger partial charge in [-0.3, -0.25) is 0 Å². The molecule has 1 aliphatic carbocycles. The average Bonchev–Trinajstić information content (AvgIpc) is 2.68. The number of aliphatic hydroxyl groups is 1. The Morgan fingerprint density at radius 2 is 2.16 bits per heavy atom. The van der Waals surface area contributed by atoms with E-state index < -0.39 is 22.1 Å². The predicted molar refractivity (Wildman–Crippen MR) is 69.7 cm³/mol. The van der Waals surface area contributed by atoms with Crippen molar-refractivity contribution in [3.05, 3.63) is 15.8 Å². The highest BCUT2D eigenvalue weighted by molar-refractivity contribution is 7.89. The standard InChI is InChI=1S/C11H15NO5S2/c1-6-5-18-9(11(14)17-2)10(6)19(15,16)12-7-3-8(13)4-7/h5,7-8,12-13H,3-4H2,1-2H3. The highest BCUT2D eigenvalue weighted by atomic mass is 32.2.